The Balaban J connectivity index is 2.34. The van der Waals surface area contributed by atoms with Crippen molar-refractivity contribution in [3.63, 3.8) is 0 Å². The molecule has 0 unspecified atom stereocenters. The topological polar surface area (TPSA) is 93.0 Å². The second kappa shape index (κ2) is 5.75. The van der Waals surface area contributed by atoms with Crippen molar-refractivity contribution < 1.29 is 4.92 Å². The number of nitrogen functional groups attached to an aromatic ring is 1. The molecule has 0 aliphatic rings. The molecule has 20 heavy (non-hydrogen) atoms. The number of nitrogens with two attached hydrogens (primary N) is 1. The molecule has 5 nitrogen and oxygen atoms in total. The maximum atomic E-state index is 10.6. The summed E-state index contributed by atoms with van der Waals surface area (Å²) in [5.41, 5.74) is 7.33. The Hall–Kier alpha value is -2.34. The van der Waals surface area contributed by atoms with E-state index in [1.54, 1.807) is 18.2 Å². The molecule has 2 aromatic carbocycles. The van der Waals surface area contributed by atoms with Gasteiger partial charge in [-0.05, 0) is 24.6 Å². The van der Waals surface area contributed by atoms with Gasteiger partial charge in [0.1, 0.15) is 5.84 Å². The van der Waals surface area contributed by atoms with Crippen molar-refractivity contribution in [2.24, 2.45) is 5.73 Å². The van der Waals surface area contributed by atoms with Crippen molar-refractivity contribution in [2.75, 3.05) is 0 Å². The number of aryl methyl sites for hydroxylation is 1. The van der Waals surface area contributed by atoms with Gasteiger partial charge in [0.2, 0.25) is 0 Å². The molecule has 0 heterocycles. The minimum absolute atomic E-state index is 0.0121. The smallest absolute Gasteiger partial charge is 0.269 e. The van der Waals surface area contributed by atoms with Gasteiger partial charge in [0, 0.05) is 27.5 Å². The number of hydrogen-bond acceptors (Lipinski definition) is 4. The zero-order chi connectivity index (χ0) is 14.7. The van der Waals surface area contributed by atoms with Gasteiger partial charge in [-0.25, -0.2) is 0 Å². The Morgan fingerprint density at radius 3 is 2.45 bits per heavy atom. The summed E-state index contributed by atoms with van der Waals surface area (Å²) in [6.07, 6.45) is 0. The number of amidine groups is 1. The number of nitrogens with one attached hydrogen (secondary N) is 1. The first-order chi connectivity index (χ1) is 9.49. The van der Waals surface area contributed by atoms with Crippen molar-refractivity contribution >= 4 is 23.3 Å². The first-order valence-electron chi connectivity index (χ1n) is 5.85. The van der Waals surface area contributed by atoms with E-state index in [9.17, 15) is 10.1 Å². The summed E-state index contributed by atoms with van der Waals surface area (Å²) in [5.74, 6) is 0.0121. The van der Waals surface area contributed by atoms with Crippen LogP contribution in [0.2, 0.25) is 0 Å². The van der Waals surface area contributed by atoms with E-state index in [1.165, 1.54) is 23.9 Å². The highest BCUT2D eigenvalue weighted by Gasteiger charge is 2.11. The molecule has 102 valence electrons. The van der Waals surface area contributed by atoms with Crippen LogP contribution >= 0.6 is 11.8 Å². The van der Waals surface area contributed by atoms with Gasteiger partial charge in [-0.1, -0.05) is 30.0 Å². The predicted octanol–water partition coefficient (Wildman–Crippen LogP) is 3.34. The standard InChI is InChI=1S/C14H13N3O2S/c1-9-3-2-4-12(14(15)16)13(9)20-11-7-5-10(6-8-11)17(18)19/h2-8H,1H3,(H3,15,16). The minimum Gasteiger partial charge on any atom is -0.384 e. The van der Waals surface area contributed by atoms with Crippen LogP contribution in [0.15, 0.2) is 52.3 Å². The highest BCUT2D eigenvalue weighted by Crippen LogP contribution is 2.33. The first kappa shape index (κ1) is 14.1. The molecule has 0 aliphatic carbocycles. The van der Waals surface area contributed by atoms with E-state index in [-0.39, 0.29) is 11.5 Å². The molecule has 0 aromatic heterocycles. The molecule has 3 N–H and O–H groups in total. The third kappa shape index (κ3) is 2.97. The molecular formula is C14H13N3O2S. The van der Waals surface area contributed by atoms with E-state index in [4.69, 9.17) is 11.1 Å². The van der Waals surface area contributed by atoms with Gasteiger partial charge >= 0.3 is 0 Å². The summed E-state index contributed by atoms with van der Waals surface area (Å²) in [6, 6.07) is 11.9. The number of nitro benzene ring substituents is 1. The monoisotopic (exact) mass is 287 g/mol. The summed E-state index contributed by atoms with van der Waals surface area (Å²) in [4.78, 5) is 12.0. The third-order valence-electron chi connectivity index (χ3n) is 2.77. The first-order valence-corrected chi connectivity index (χ1v) is 6.67. The molecule has 0 saturated carbocycles. The lowest BCUT2D eigenvalue weighted by Gasteiger charge is -2.10. The van der Waals surface area contributed by atoms with Crippen LogP contribution in [0.1, 0.15) is 11.1 Å². The van der Waals surface area contributed by atoms with Crippen LogP contribution in [0.5, 0.6) is 0 Å². The average Bonchev–Trinajstić information content (AvgIpc) is 2.41. The van der Waals surface area contributed by atoms with E-state index >= 15 is 0 Å². The minimum atomic E-state index is -0.427. The van der Waals surface area contributed by atoms with E-state index < -0.39 is 4.92 Å². The molecule has 6 heteroatoms. The van der Waals surface area contributed by atoms with E-state index in [1.807, 2.05) is 19.1 Å². The summed E-state index contributed by atoms with van der Waals surface area (Å²) in [7, 11) is 0. The molecule has 0 spiro atoms. The molecule has 0 amide bonds. The Labute approximate surface area is 120 Å². The fourth-order valence-corrected chi connectivity index (χ4v) is 2.78. The second-order valence-corrected chi connectivity index (χ2v) is 5.30. The summed E-state index contributed by atoms with van der Waals surface area (Å²) in [6.45, 7) is 1.94. The quantitative estimate of drug-likeness (QED) is 0.390. The van der Waals surface area contributed by atoms with Gasteiger partial charge in [0.25, 0.3) is 5.69 Å². The van der Waals surface area contributed by atoms with Crippen LogP contribution in [-0.4, -0.2) is 10.8 Å². The molecule has 0 bridgehead atoms. The van der Waals surface area contributed by atoms with Gasteiger partial charge < -0.3 is 5.73 Å². The molecule has 0 saturated heterocycles. The van der Waals surface area contributed by atoms with Crippen LogP contribution < -0.4 is 5.73 Å². The largest absolute Gasteiger partial charge is 0.384 e. The Morgan fingerprint density at radius 1 is 1.25 bits per heavy atom. The van der Waals surface area contributed by atoms with Crippen molar-refractivity contribution in [3.8, 4) is 0 Å². The number of non-ortho nitro benzene ring substituents is 1. The lowest BCUT2D eigenvalue weighted by Crippen LogP contribution is -2.12. The van der Waals surface area contributed by atoms with Crippen molar-refractivity contribution in [2.45, 2.75) is 16.7 Å². The van der Waals surface area contributed by atoms with Crippen molar-refractivity contribution in [1.29, 1.82) is 5.41 Å². The van der Waals surface area contributed by atoms with Crippen LogP contribution in [-0.2, 0) is 0 Å². The molecule has 2 rings (SSSR count). The third-order valence-corrected chi connectivity index (χ3v) is 4.02. The highest BCUT2D eigenvalue weighted by atomic mass is 32.2. The van der Waals surface area contributed by atoms with Crippen LogP contribution in [0.4, 0.5) is 5.69 Å². The lowest BCUT2D eigenvalue weighted by molar-refractivity contribution is -0.384. The Morgan fingerprint density at radius 2 is 1.90 bits per heavy atom. The van der Waals surface area contributed by atoms with Crippen molar-refractivity contribution in [3.05, 3.63) is 63.7 Å². The van der Waals surface area contributed by atoms with Gasteiger partial charge in [-0.3, -0.25) is 15.5 Å². The van der Waals surface area contributed by atoms with Crippen LogP contribution in [0, 0.1) is 22.4 Å². The predicted molar refractivity (Wildman–Crippen MR) is 79.4 cm³/mol. The van der Waals surface area contributed by atoms with E-state index in [2.05, 4.69) is 0 Å². The van der Waals surface area contributed by atoms with Gasteiger partial charge in [-0.15, -0.1) is 0 Å². The summed E-state index contributed by atoms with van der Waals surface area (Å²) >= 11 is 1.45. The fraction of sp³-hybridized carbons (Fsp3) is 0.0714. The molecule has 2 aromatic rings. The second-order valence-electron chi connectivity index (χ2n) is 4.22. The highest BCUT2D eigenvalue weighted by molar-refractivity contribution is 7.99. The number of hydrogen-bond donors (Lipinski definition) is 2. The summed E-state index contributed by atoms with van der Waals surface area (Å²) in [5, 5.41) is 18.2. The zero-order valence-corrected chi connectivity index (χ0v) is 11.6. The lowest BCUT2D eigenvalue weighted by atomic mass is 10.1. The Kier molecular flexibility index (Phi) is 4.05. The number of benzene rings is 2. The normalized spacial score (nSPS) is 10.2. The van der Waals surface area contributed by atoms with Gasteiger partial charge in [-0.2, -0.15) is 0 Å². The summed E-state index contributed by atoms with van der Waals surface area (Å²) < 4.78 is 0. The maximum Gasteiger partial charge on any atom is 0.269 e. The van der Waals surface area contributed by atoms with Crippen LogP contribution in [0.3, 0.4) is 0 Å². The number of nitrogens with zero attached hydrogens (tertiary/aromatic N) is 1. The maximum absolute atomic E-state index is 10.6. The van der Waals surface area contributed by atoms with E-state index in [0.29, 0.717) is 5.56 Å². The van der Waals surface area contributed by atoms with Crippen LogP contribution in [0.25, 0.3) is 0 Å². The van der Waals surface area contributed by atoms with Crippen molar-refractivity contribution in [1.82, 2.24) is 0 Å². The molecular weight excluding hydrogens is 274 g/mol. The molecule has 0 aliphatic heterocycles. The number of rotatable bonds is 4. The Bertz CT molecular complexity index is 669. The van der Waals surface area contributed by atoms with Gasteiger partial charge in [0.15, 0.2) is 0 Å². The molecule has 0 fully saturated rings. The average molecular weight is 287 g/mol. The zero-order valence-electron chi connectivity index (χ0n) is 10.8. The SMILES string of the molecule is Cc1cccc(C(=N)N)c1Sc1ccc([N+](=O)[O-])cc1. The molecule has 0 radical (unpaired) electrons. The van der Waals surface area contributed by atoms with Gasteiger partial charge in [0.05, 0.1) is 4.92 Å². The fourth-order valence-electron chi connectivity index (χ4n) is 1.75. The number of nitro groups is 1. The molecule has 0 atom stereocenters. The van der Waals surface area contributed by atoms with E-state index in [0.717, 1.165) is 15.4 Å².